The van der Waals surface area contributed by atoms with Crippen LogP contribution in [0, 0.1) is 17.2 Å². The highest BCUT2D eigenvalue weighted by atomic mass is 19.1. The lowest BCUT2D eigenvalue weighted by atomic mass is 9.76. The van der Waals surface area contributed by atoms with Crippen molar-refractivity contribution in [1.29, 1.82) is 0 Å². The smallest absolute Gasteiger partial charge is 0.168 e. The van der Waals surface area contributed by atoms with Gasteiger partial charge in [0.15, 0.2) is 11.6 Å². The Kier molecular flexibility index (Phi) is 4.66. The van der Waals surface area contributed by atoms with Crippen LogP contribution in [-0.4, -0.2) is 13.2 Å². The first-order valence-corrected chi connectivity index (χ1v) is 7.27. The Bertz CT molecular complexity index is 462. The van der Waals surface area contributed by atoms with Gasteiger partial charge in [-0.1, -0.05) is 32.4 Å². The molecule has 0 aromatic heterocycles. The van der Waals surface area contributed by atoms with Gasteiger partial charge in [0.25, 0.3) is 0 Å². The fraction of sp³-hybridized carbons (Fsp3) is 0.625. The lowest BCUT2D eigenvalue weighted by Crippen LogP contribution is -2.46. The van der Waals surface area contributed by atoms with Gasteiger partial charge in [-0.05, 0) is 42.2 Å². The normalized spacial score (nSPS) is 22.8. The number of nitrogens with two attached hydrogens (primary N) is 1. The molecule has 4 heteroatoms. The second kappa shape index (κ2) is 6.10. The highest BCUT2D eigenvalue weighted by Gasteiger charge is 2.39. The number of hydrogen-bond acceptors (Lipinski definition) is 3. The first kappa shape index (κ1) is 15.3. The van der Waals surface area contributed by atoms with Crippen LogP contribution in [-0.2, 0) is 6.42 Å². The molecule has 3 nitrogen and oxygen atoms in total. The van der Waals surface area contributed by atoms with E-state index in [1.807, 2.05) is 12.1 Å². The number of nitrogens with one attached hydrogen (secondary N) is 1. The molecular weight excluding hydrogens is 255 g/mol. The van der Waals surface area contributed by atoms with Gasteiger partial charge in [0.05, 0.1) is 7.11 Å². The number of benzene rings is 1. The van der Waals surface area contributed by atoms with Gasteiger partial charge in [-0.3, -0.25) is 11.3 Å². The Morgan fingerprint density at radius 2 is 2.25 bits per heavy atom. The SMILES string of the molecule is COc1cccc(CC(NN)C2CCCC2(C)C)c1F. The lowest BCUT2D eigenvalue weighted by Gasteiger charge is -2.34. The number of hydrogen-bond donors (Lipinski definition) is 2. The molecule has 2 rings (SSSR count). The van der Waals surface area contributed by atoms with Crippen molar-refractivity contribution in [1.82, 2.24) is 5.43 Å². The van der Waals surface area contributed by atoms with E-state index < -0.39 is 0 Å². The second-order valence-corrected chi connectivity index (χ2v) is 6.40. The molecule has 0 saturated heterocycles. The zero-order valence-corrected chi connectivity index (χ0v) is 12.6. The summed E-state index contributed by atoms with van der Waals surface area (Å²) in [5.74, 6) is 6.23. The van der Waals surface area contributed by atoms with Crippen molar-refractivity contribution in [3.05, 3.63) is 29.6 Å². The Morgan fingerprint density at radius 3 is 2.80 bits per heavy atom. The molecule has 2 atom stereocenters. The Morgan fingerprint density at radius 1 is 1.50 bits per heavy atom. The van der Waals surface area contributed by atoms with Crippen LogP contribution in [0.15, 0.2) is 18.2 Å². The monoisotopic (exact) mass is 280 g/mol. The third kappa shape index (κ3) is 2.96. The molecule has 0 radical (unpaired) electrons. The van der Waals surface area contributed by atoms with Crippen LogP contribution in [0.4, 0.5) is 4.39 Å². The van der Waals surface area contributed by atoms with E-state index in [4.69, 9.17) is 10.6 Å². The maximum Gasteiger partial charge on any atom is 0.168 e. The molecule has 1 saturated carbocycles. The largest absolute Gasteiger partial charge is 0.494 e. The van der Waals surface area contributed by atoms with Crippen LogP contribution >= 0.6 is 0 Å². The molecule has 1 fully saturated rings. The summed E-state index contributed by atoms with van der Waals surface area (Å²) in [6.07, 6.45) is 4.16. The summed E-state index contributed by atoms with van der Waals surface area (Å²) < 4.78 is 19.3. The average Bonchev–Trinajstić information content (AvgIpc) is 2.77. The van der Waals surface area contributed by atoms with Crippen molar-refractivity contribution in [2.24, 2.45) is 17.2 Å². The summed E-state index contributed by atoms with van der Waals surface area (Å²) in [6.45, 7) is 4.55. The van der Waals surface area contributed by atoms with Gasteiger partial charge < -0.3 is 4.74 Å². The van der Waals surface area contributed by atoms with Crippen LogP contribution in [0.3, 0.4) is 0 Å². The second-order valence-electron chi connectivity index (χ2n) is 6.40. The van der Waals surface area contributed by atoms with Crippen molar-refractivity contribution >= 4 is 0 Å². The van der Waals surface area contributed by atoms with E-state index in [2.05, 4.69) is 19.3 Å². The number of methoxy groups -OCH3 is 1. The lowest BCUT2D eigenvalue weighted by molar-refractivity contribution is 0.195. The van der Waals surface area contributed by atoms with Gasteiger partial charge >= 0.3 is 0 Å². The summed E-state index contributed by atoms with van der Waals surface area (Å²) in [7, 11) is 1.49. The molecule has 0 bridgehead atoms. The van der Waals surface area contributed by atoms with E-state index in [-0.39, 0.29) is 17.3 Å². The molecule has 2 unspecified atom stereocenters. The molecule has 20 heavy (non-hydrogen) atoms. The number of ether oxygens (including phenoxy) is 1. The van der Waals surface area contributed by atoms with Crippen molar-refractivity contribution in [2.75, 3.05) is 7.11 Å². The molecule has 0 amide bonds. The molecule has 1 aliphatic rings. The molecule has 3 N–H and O–H groups in total. The molecule has 1 aromatic carbocycles. The molecular formula is C16H25FN2O. The van der Waals surface area contributed by atoms with E-state index in [9.17, 15) is 4.39 Å². The van der Waals surface area contributed by atoms with Gasteiger partial charge in [0.2, 0.25) is 0 Å². The molecule has 1 aliphatic carbocycles. The fourth-order valence-corrected chi connectivity index (χ4v) is 3.53. The maximum atomic E-state index is 14.3. The minimum absolute atomic E-state index is 0.0918. The molecule has 0 spiro atoms. The Balaban J connectivity index is 2.19. The summed E-state index contributed by atoms with van der Waals surface area (Å²) in [5.41, 5.74) is 3.82. The highest BCUT2D eigenvalue weighted by molar-refractivity contribution is 5.31. The topological polar surface area (TPSA) is 47.3 Å². The summed E-state index contributed by atoms with van der Waals surface area (Å²) in [5, 5.41) is 0. The predicted molar refractivity (Wildman–Crippen MR) is 78.9 cm³/mol. The van der Waals surface area contributed by atoms with E-state index >= 15 is 0 Å². The van der Waals surface area contributed by atoms with Gasteiger partial charge in [-0.15, -0.1) is 0 Å². The Hall–Kier alpha value is -1.13. The quantitative estimate of drug-likeness (QED) is 0.644. The summed E-state index contributed by atoms with van der Waals surface area (Å²) in [6, 6.07) is 5.37. The standard InChI is InChI=1S/C16H25FN2O/c1-16(2)9-5-7-12(16)13(19-18)10-11-6-4-8-14(20-3)15(11)17/h4,6,8,12-13,19H,5,7,9-10,18H2,1-3H3. The van der Waals surface area contributed by atoms with Crippen LogP contribution < -0.4 is 16.0 Å². The van der Waals surface area contributed by atoms with E-state index in [0.29, 0.717) is 23.7 Å². The summed E-state index contributed by atoms with van der Waals surface area (Å²) in [4.78, 5) is 0. The fourth-order valence-electron chi connectivity index (χ4n) is 3.53. The zero-order valence-electron chi connectivity index (χ0n) is 12.6. The third-order valence-electron chi connectivity index (χ3n) is 4.74. The maximum absolute atomic E-state index is 14.3. The average molecular weight is 280 g/mol. The summed E-state index contributed by atoms with van der Waals surface area (Å²) >= 11 is 0. The first-order chi connectivity index (χ1) is 9.49. The number of hydrazine groups is 1. The minimum Gasteiger partial charge on any atom is -0.494 e. The van der Waals surface area contributed by atoms with Crippen molar-refractivity contribution in [2.45, 2.75) is 45.6 Å². The molecule has 112 valence electrons. The molecule has 1 aromatic rings. The zero-order chi connectivity index (χ0) is 14.8. The van der Waals surface area contributed by atoms with Crippen LogP contribution in [0.2, 0.25) is 0 Å². The number of rotatable bonds is 5. The minimum atomic E-state index is -0.272. The van der Waals surface area contributed by atoms with E-state index in [1.165, 1.54) is 20.0 Å². The van der Waals surface area contributed by atoms with Crippen LogP contribution in [0.25, 0.3) is 0 Å². The van der Waals surface area contributed by atoms with Gasteiger partial charge in [0.1, 0.15) is 0 Å². The van der Waals surface area contributed by atoms with Gasteiger partial charge in [-0.25, -0.2) is 4.39 Å². The predicted octanol–water partition coefficient (Wildman–Crippen LogP) is 3.04. The van der Waals surface area contributed by atoms with Crippen molar-refractivity contribution in [3.63, 3.8) is 0 Å². The van der Waals surface area contributed by atoms with E-state index in [1.54, 1.807) is 6.07 Å². The van der Waals surface area contributed by atoms with Gasteiger partial charge in [0, 0.05) is 6.04 Å². The van der Waals surface area contributed by atoms with E-state index in [0.717, 1.165) is 6.42 Å². The van der Waals surface area contributed by atoms with Crippen molar-refractivity contribution in [3.8, 4) is 5.75 Å². The van der Waals surface area contributed by atoms with Gasteiger partial charge in [-0.2, -0.15) is 0 Å². The molecule has 0 aliphatic heterocycles. The third-order valence-corrected chi connectivity index (χ3v) is 4.74. The first-order valence-electron chi connectivity index (χ1n) is 7.27. The van der Waals surface area contributed by atoms with Crippen LogP contribution in [0.1, 0.15) is 38.7 Å². The highest BCUT2D eigenvalue weighted by Crippen LogP contribution is 2.45. The number of halogens is 1. The molecule has 0 heterocycles. The van der Waals surface area contributed by atoms with Crippen molar-refractivity contribution < 1.29 is 9.13 Å². The Labute approximate surface area is 120 Å². The van der Waals surface area contributed by atoms with Crippen LogP contribution in [0.5, 0.6) is 5.75 Å².